The third kappa shape index (κ3) is 2.68. The van der Waals surface area contributed by atoms with Crippen LogP contribution in [0.2, 0.25) is 0 Å². The van der Waals surface area contributed by atoms with Crippen LogP contribution >= 0.6 is 11.7 Å². The molecule has 1 aliphatic rings. The van der Waals surface area contributed by atoms with Crippen molar-refractivity contribution >= 4 is 32.8 Å². The Morgan fingerprint density at radius 3 is 3.00 bits per heavy atom. The molecule has 1 atom stereocenters. The topological polar surface area (TPSA) is 75.2 Å². The highest BCUT2D eigenvalue weighted by Crippen LogP contribution is 2.27. The number of aromatic nitrogens is 2. The summed E-state index contributed by atoms with van der Waals surface area (Å²) in [4.78, 5) is 0.272. The van der Waals surface area contributed by atoms with E-state index in [2.05, 4.69) is 14.1 Å². The molecular weight excluding hydrogens is 308 g/mol. The molecule has 6 nitrogen and oxygen atoms in total. The largest absolute Gasteiger partial charge is 0.315 e. The minimum atomic E-state index is -3.55. The maximum Gasteiger partial charge on any atom is 0.245 e. The van der Waals surface area contributed by atoms with E-state index in [9.17, 15) is 8.42 Å². The van der Waals surface area contributed by atoms with Crippen LogP contribution in [0.15, 0.2) is 23.1 Å². The van der Waals surface area contributed by atoms with E-state index in [4.69, 9.17) is 0 Å². The van der Waals surface area contributed by atoms with Gasteiger partial charge >= 0.3 is 0 Å². The van der Waals surface area contributed by atoms with Crippen LogP contribution in [-0.4, -0.2) is 47.1 Å². The van der Waals surface area contributed by atoms with Gasteiger partial charge in [-0.15, -0.1) is 0 Å². The molecule has 0 spiro atoms. The lowest BCUT2D eigenvalue weighted by molar-refractivity contribution is 0.335. The summed E-state index contributed by atoms with van der Waals surface area (Å²) in [6, 6.07) is 5.17. The predicted octanol–water partition coefficient (Wildman–Crippen LogP) is 1.45. The van der Waals surface area contributed by atoms with Gasteiger partial charge in [0.2, 0.25) is 10.0 Å². The van der Waals surface area contributed by atoms with E-state index >= 15 is 0 Å². The summed E-state index contributed by atoms with van der Waals surface area (Å²) < 4.78 is 36.0. The smallest absolute Gasteiger partial charge is 0.245 e. The van der Waals surface area contributed by atoms with E-state index in [0.29, 0.717) is 24.1 Å². The van der Waals surface area contributed by atoms with E-state index in [0.717, 1.165) is 31.1 Å². The number of sulfonamides is 1. The molecule has 1 fully saturated rings. The minimum Gasteiger partial charge on any atom is -0.315 e. The molecule has 1 unspecified atom stereocenters. The van der Waals surface area contributed by atoms with Crippen molar-refractivity contribution in [3.63, 3.8) is 0 Å². The van der Waals surface area contributed by atoms with Gasteiger partial charge in [0.05, 0.1) is 11.7 Å². The van der Waals surface area contributed by atoms with Crippen molar-refractivity contribution < 1.29 is 8.42 Å². The number of hydrogen-bond acceptors (Lipinski definition) is 6. The summed E-state index contributed by atoms with van der Waals surface area (Å²) in [5, 5.41) is 3.23. The van der Waals surface area contributed by atoms with E-state index < -0.39 is 10.0 Å². The monoisotopic (exact) mass is 326 g/mol. The van der Waals surface area contributed by atoms with Crippen LogP contribution in [0.25, 0.3) is 11.0 Å². The number of nitrogens with one attached hydrogen (secondary N) is 1. The van der Waals surface area contributed by atoms with Gasteiger partial charge < -0.3 is 5.32 Å². The number of nitrogens with zero attached hydrogens (tertiary/aromatic N) is 3. The molecule has 1 aromatic carbocycles. The van der Waals surface area contributed by atoms with Crippen LogP contribution in [0.4, 0.5) is 0 Å². The third-order valence-corrected chi connectivity index (χ3v) is 6.25. The molecule has 0 aliphatic carbocycles. The third-order valence-electron chi connectivity index (χ3n) is 3.72. The number of hydrogen-bond donors (Lipinski definition) is 1. The summed E-state index contributed by atoms with van der Waals surface area (Å²) in [5.74, 6) is 0. The van der Waals surface area contributed by atoms with Gasteiger partial charge in [-0.25, -0.2) is 8.42 Å². The SMILES string of the molecule is CCCN(C1CCNC1)S(=O)(=O)c1cccc2nsnc12. The van der Waals surface area contributed by atoms with Crippen LogP contribution in [0.3, 0.4) is 0 Å². The predicted molar refractivity (Wildman–Crippen MR) is 82.9 cm³/mol. The number of fused-ring (bicyclic) bond motifs is 1. The Bertz CT molecular complexity index is 723. The molecule has 1 N–H and O–H groups in total. The van der Waals surface area contributed by atoms with Crippen molar-refractivity contribution in [2.24, 2.45) is 0 Å². The Labute approximate surface area is 128 Å². The van der Waals surface area contributed by atoms with Gasteiger partial charge in [-0.05, 0) is 31.5 Å². The first-order valence-corrected chi connectivity index (χ1v) is 9.25. The Balaban J connectivity index is 2.06. The molecule has 1 aliphatic heterocycles. The zero-order valence-corrected chi connectivity index (χ0v) is 13.5. The molecule has 114 valence electrons. The average Bonchev–Trinajstić information content (AvgIpc) is 3.14. The zero-order valence-electron chi connectivity index (χ0n) is 11.8. The van der Waals surface area contributed by atoms with Crippen molar-refractivity contribution in [1.29, 1.82) is 0 Å². The Hall–Kier alpha value is -1.09. The summed E-state index contributed by atoms with van der Waals surface area (Å²) in [6.45, 7) is 4.10. The molecule has 1 aromatic heterocycles. The van der Waals surface area contributed by atoms with E-state index in [1.807, 2.05) is 6.92 Å². The second-order valence-electron chi connectivity index (χ2n) is 5.15. The molecule has 2 heterocycles. The van der Waals surface area contributed by atoms with Crippen molar-refractivity contribution in [3.05, 3.63) is 18.2 Å². The average molecular weight is 326 g/mol. The van der Waals surface area contributed by atoms with Gasteiger partial charge in [-0.3, -0.25) is 0 Å². The van der Waals surface area contributed by atoms with Crippen molar-refractivity contribution in [2.75, 3.05) is 19.6 Å². The fourth-order valence-electron chi connectivity index (χ4n) is 2.72. The van der Waals surface area contributed by atoms with Crippen LogP contribution in [0.5, 0.6) is 0 Å². The maximum absolute atomic E-state index is 13.1. The lowest BCUT2D eigenvalue weighted by Crippen LogP contribution is -2.42. The van der Waals surface area contributed by atoms with Gasteiger partial charge in [0.15, 0.2) is 0 Å². The molecule has 0 bridgehead atoms. The van der Waals surface area contributed by atoms with Gasteiger partial charge in [-0.2, -0.15) is 13.1 Å². The highest BCUT2D eigenvalue weighted by atomic mass is 32.2. The van der Waals surface area contributed by atoms with E-state index in [1.165, 1.54) is 0 Å². The first-order chi connectivity index (χ1) is 10.1. The maximum atomic E-state index is 13.1. The zero-order chi connectivity index (χ0) is 14.9. The van der Waals surface area contributed by atoms with Gasteiger partial charge in [0.1, 0.15) is 15.9 Å². The van der Waals surface area contributed by atoms with Gasteiger partial charge in [0, 0.05) is 19.1 Å². The molecule has 2 aromatic rings. The van der Waals surface area contributed by atoms with Gasteiger partial charge in [-0.1, -0.05) is 13.0 Å². The lowest BCUT2D eigenvalue weighted by Gasteiger charge is -2.27. The normalized spacial score (nSPS) is 19.6. The van der Waals surface area contributed by atoms with Crippen molar-refractivity contribution in [3.8, 4) is 0 Å². The molecule has 0 amide bonds. The second kappa shape index (κ2) is 5.96. The van der Waals surface area contributed by atoms with E-state index in [1.54, 1.807) is 22.5 Å². The number of rotatable bonds is 5. The lowest BCUT2D eigenvalue weighted by atomic mass is 10.2. The van der Waals surface area contributed by atoms with Gasteiger partial charge in [0.25, 0.3) is 0 Å². The van der Waals surface area contributed by atoms with Crippen molar-refractivity contribution in [1.82, 2.24) is 18.4 Å². The van der Waals surface area contributed by atoms with Crippen LogP contribution in [0.1, 0.15) is 19.8 Å². The first-order valence-electron chi connectivity index (χ1n) is 7.08. The standard InChI is InChI=1S/C13H18N4O2S2/c1-2-8-17(10-6-7-14-9-10)21(18,19)12-5-3-4-11-13(12)16-20-15-11/h3-5,10,14H,2,6-9H2,1H3. The molecule has 1 saturated heterocycles. The first kappa shape index (κ1) is 14.8. The summed E-state index contributed by atoms with van der Waals surface area (Å²) in [5.41, 5.74) is 1.12. The summed E-state index contributed by atoms with van der Waals surface area (Å²) >= 11 is 1.05. The highest BCUT2D eigenvalue weighted by molar-refractivity contribution is 7.89. The second-order valence-corrected chi connectivity index (χ2v) is 7.54. The molecule has 0 saturated carbocycles. The fourth-order valence-corrected chi connectivity index (χ4v) is 5.22. The van der Waals surface area contributed by atoms with Crippen LogP contribution in [-0.2, 0) is 10.0 Å². The van der Waals surface area contributed by atoms with Crippen molar-refractivity contribution in [2.45, 2.75) is 30.7 Å². The minimum absolute atomic E-state index is 0.0248. The van der Waals surface area contributed by atoms with Crippen LogP contribution in [0, 0.1) is 0 Å². The summed E-state index contributed by atoms with van der Waals surface area (Å²) in [6.07, 6.45) is 1.64. The Morgan fingerprint density at radius 2 is 2.29 bits per heavy atom. The molecule has 3 rings (SSSR count). The quantitative estimate of drug-likeness (QED) is 0.900. The van der Waals surface area contributed by atoms with Crippen LogP contribution < -0.4 is 5.32 Å². The molecule has 21 heavy (non-hydrogen) atoms. The Kier molecular flexibility index (Phi) is 4.21. The highest BCUT2D eigenvalue weighted by Gasteiger charge is 2.34. The molecule has 0 radical (unpaired) electrons. The Morgan fingerprint density at radius 1 is 1.43 bits per heavy atom. The fraction of sp³-hybridized carbons (Fsp3) is 0.538. The number of benzene rings is 1. The van der Waals surface area contributed by atoms with E-state index in [-0.39, 0.29) is 10.9 Å². The molecular formula is C13H18N4O2S2. The molecule has 8 heteroatoms. The summed E-state index contributed by atoms with van der Waals surface area (Å²) in [7, 11) is -3.55.